The number of aromatic nitrogens is 1. The summed E-state index contributed by atoms with van der Waals surface area (Å²) in [5.41, 5.74) is 3.52. The number of ketones is 1. The number of halogens is 1. The van der Waals surface area contributed by atoms with E-state index in [1.807, 2.05) is 54.2 Å². The van der Waals surface area contributed by atoms with Gasteiger partial charge in [-0.3, -0.25) is 10.1 Å². The van der Waals surface area contributed by atoms with Crippen LogP contribution in [0.2, 0.25) is 5.02 Å². The Labute approximate surface area is 161 Å². The second-order valence-electron chi connectivity index (χ2n) is 7.22. The Morgan fingerprint density at radius 2 is 1.85 bits per heavy atom. The number of aryl methyl sites for hydroxylation is 1. The first-order valence-corrected chi connectivity index (χ1v) is 9.23. The monoisotopic (exact) mass is 382 g/mol. The first-order chi connectivity index (χ1) is 12.9. The number of Topliss-reactive ketones (excluding diaryl/α,β-unsaturated/α-hetero) is 1. The molecule has 0 radical (unpaired) electrons. The quantitative estimate of drug-likeness (QED) is 0.486. The normalized spacial score (nSPS) is 21.4. The summed E-state index contributed by atoms with van der Waals surface area (Å²) in [6, 6.07) is 12.1. The number of hydrogen-bond donors (Lipinski definition) is 0. The van der Waals surface area contributed by atoms with Crippen LogP contribution in [-0.2, 0) is 11.8 Å². The van der Waals surface area contributed by atoms with Crippen molar-refractivity contribution in [1.29, 1.82) is 0 Å². The lowest BCUT2D eigenvalue weighted by molar-refractivity contribution is -0.529. The van der Waals surface area contributed by atoms with Crippen molar-refractivity contribution >= 4 is 28.3 Å². The Morgan fingerprint density at radius 3 is 2.52 bits per heavy atom. The van der Waals surface area contributed by atoms with Gasteiger partial charge in [-0.05, 0) is 35.7 Å². The number of nitrogens with zero attached hydrogens (tertiary/aromatic N) is 2. The average molecular weight is 383 g/mol. The summed E-state index contributed by atoms with van der Waals surface area (Å²) in [5, 5.41) is 13.7. The van der Waals surface area contributed by atoms with Gasteiger partial charge in [0.15, 0.2) is 0 Å². The number of benzene rings is 2. The van der Waals surface area contributed by atoms with Crippen molar-refractivity contribution in [1.82, 2.24) is 4.57 Å². The van der Waals surface area contributed by atoms with Crippen LogP contribution in [-0.4, -0.2) is 21.3 Å². The molecule has 0 N–H and O–H groups in total. The topological polar surface area (TPSA) is 65.1 Å². The smallest absolute Gasteiger partial charge is 0.231 e. The van der Waals surface area contributed by atoms with Crippen LogP contribution in [0.15, 0.2) is 48.7 Å². The van der Waals surface area contributed by atoms with Crippen molar-refractivity contribution in [2.45, 2.75) is 31.2 Å². The Hall–Kier alpha value is -2.66. The maximum Gasteiger partial charge on any atom is 0.231 e. The average Bonchev–Trinajstić information content (AvgIpc) is 2.95. The van der Waals surface area contributed by atoms with E-state index in [0.717, 1.165) is 27.6 Å². The molecule has 0 saturated heterocycles. The summed E-state index contributed by atoms with van der Waals surface area (Å²) in [6.45, 7) is 1.49. The largest absolute Gasteiger partial charge is 0.350 e. The molecule has 1 heterocycles. The van der Waals surface area contributed by atoms with Gasteiger partial charge >= 0.3 is 0 Å². The second kappa shape index (κ2) is 6.50. The van der Waals surface area contributed by atoms with Gasteiger partial charge in [0.2, 0.25) is 6.04 Å². The van der Waals surface area contributed by atoms with Crippen molar-refractivity contribution in [2.75, 3.05) is 0 Å². The molecule has 2 aromatic carbocycles. The molecule has 1 aromatic heterocycles. The molecule has 138 valence electrons. The molecule has 0 saturated carbocycles. The van der Waals surface area contributed by atoms with Gasteiger partial charge in [-0.25, -0.2) is 0 Å². The molecule has 0 amide bonds. The summed E-state index contributed by atoms with van der Waals surface area (Å²) in [5.74, 6) is -1.05. The van der Waals surface area contributed by atoms with E-state index in [9.17, 15) is 14.9 Å². The second-order valence-corrected chi connectivity index (χ2v) is 7.63. The number of carbonyl (C=O) groups excluding carboxylic acids is 1. The lowest BCUT2D eigenvalue weighted by atomic mass is 9.70. The Bertz CT molecular complexity index is 1070. The predicted octanol–water partition coefficient (Wildman–Crippen LogP) is 4.69. The highest BCUT2D eigenvalue weighted by atomic mass is 35.5. The van der Waals surface area contributed by atoms with E-state index in [2.05, 4.69) is 0 Å². The number of nitro groups is 1. The van der Waals surface area contributed by atoms with E-state index < -0.39 is 17.9 Å². The van der Waals surface area contributed by atoms with E-state index in [0.29, 0.717) is 5.02 Å². The summed E-state index contributed by atoms with van der Waals surface area (Å²) < 4.78 is 1.99. The van der Waals surface area contributed by atoms with E-state index >= 15 is 0 Å². The zero-order valence-electron chi connectivity index (χ0n) is 15.1. The molecular formula is C21H19ClN2O3. The fourth-order valence-corrected chi connectivity index (χ4v) is 4.79. The molecule has 6 heteroatoms. The Kier molecular flexibility index (Phi) is 4.27. The van der Waals surface area contributed by atoms with Crippen molar-refractivity contribution in [3.8, 4) is 0 Å². The van der Waals surface area contributed by atoms with Crippen LogP contribution in [0, 0.1) is 10.1 Å². The number of carbonyl (C=O) groups is 1. The first-order valence-electron chi connectivity index (χ1n) is 8.85. The fourth-order valence-electron chi connectivity index (χ4n) is 4.54. The summed E-state index contributed by atoms with van der Waals surface area (Å²) in [6.07, 6.45) is 2.10. The minimum atomic E-state index is -0.950. The third-order valence-corrected chi connectivity index (χ3v) is 5.90. The molecule has 0 bridgehead atoms. The molecule has 0 unspecified atom stereocenters. The summed E-state index contributed by atoms with van der Waals surface area (Å²) >= 11 is 6.45. The fraction of sp³-hybridized carbons (Fsp3) is 0.286. The van der Waals surface area contributed by atoms with Crippen LogP contribution in [0.4, 0.5) is 0 Å². The highest BCUT2D eigenvalue weighted by Crippen LogP contribution is 2.50. The van der Waals surface area contributed by atoms with Crippen LogP contribution in [0.5, 0.6) is 0 Å². The van der Waals surface area contributed by atoms with Gasteiger partial charge in [-0.2, -0.15) is 0 Å². The van der Waals surface area contributed by atoms with Gasteiger partial charge in [-0.15, -0.1) is 0 Å². The molecule has 1 aliphatic carbocycles. The number of hydrogen-bond acceptors (Lipinski definition) is 3. The zero-order valence-corrected chi connectivity index (χ0v) is 15.8. The van der Waals surface area contributed by atoms with E-state index in [1.165, 1.54) is 6.92 Å². The van der Waals surface area contributed by atoms with Crippen LogP contribution < -0.4 is 0 Å². The molecule has 27 heavy (non-hydrogen) atoms. The van der Waals surface area contributed by atoms with Gasteiger partial charge in [0, 0.05) is 40.5 Å². The Balaban J connectivity index is 2.07. The highest BCUT2D eigenvalue weighted by molar-refractivity contribution is 6.31. The molecule has 0 fully saturated rings. The molecule has 3 atom stereocenters. The standard InChI is InChI=1S/C21H19ClN2O3/c1-12(25)10-15-13-7-5-9-18-19(13)16(11-23(18)2)20(21(15)24(26)27)14-6-3-4-8-17(14)22/h3-9,11,15,20-21H,10H2,1-2H3/t15-,20+,21+/m0/s1. The van der Waals surface area contributed by atoms with E-state index in [-0.39, 0.29) is 17.1 Å². The molecule has 1 aliphatic rings. The van der Waals surface area contributed by atoms with Gasteiger partial charge in [-0.1, -0.05) is 41.9 Å². The maximum atomic E-state index is 12.2. The molecular weight excluding hydrogens is 364 g/mol. The third-order valence-electron chi connectivity index (χ3n) is 5.56. The van der Waals surface area contributed by atoms with Crippen LogP contribution in [0.1, 0.15) is 41.9 Å². The minimum Gasteiger partial charge on any atom is -0.350 e. The molecule has 0 aliphatic heterocycles. The molecule has 0 spiro atoms. The third kappa shape index (κ3) is 2.73. The number of rotatable bonds is 4. The van der Waals surface area contributed by atoms with Gasteiger partial charge in [0.05, 0.1) is 11.8 Å². The molecule has 5 nitrogen and oxygen atoms in total. The minimum absolute atomic E-state index is 0.0545. The van der Waals surface area contributed by atoms with Crippen molar-refractivity contribution in [3.05, 3.63) is 80.5 Å². The highest BCUT2D eigenvalue weighted by Gasteiger charge is 2.48. The van der Waals surface area contributed by atoms with Crippen LogP contribution in [0.3, 0.4) is 0 Å². The van der Waals surface area contributed by atoms with Crippen LogP contribution >= 0.6 is 11.6 Å². The van der Waals surface area contributed by atoms with Gasteiger partial charge in [0.1, 0.15) is 5.78 Å². The molecule has 4 rings (SSSR count). The lowest BCUT2D eigenvalue weighted by Crippen LogP contribution is -2.38. The van der Waals surface area contributed by atoms with Gasteiger partial charge in [0.25, 0.3) is 0 Å². The first kappa shape index (κ1) is 17.7. The van der Waals surface area contributed by atoms with Crippen molar-refractivity contribution in [2.24, 2.45) is 7.05 Å². The maximum absolute atomic E-state index is 12.2. The Morgan fingerprint density at radius 1 is 1.15 bits per heavy atom. The summed E-state index contributed by atoms with van der Waals surface area (Å²) in [7, 11) is 1.94. The summed E-state index contributed by atoms with van der Waals surface area (Å²) in [4.78, 5) is 24.0. The predicted molar refractivity (Wildman–Crippen MR) is 105 cm³/mol. The lowest BCUT2D eigenvalue weighted by Gasteiger charge is -2.33. The van der Waals surface area contributed by atoms with E-state index in [1.54, 1.807) is 6.07 Å². The van der Waals surface area contributed by atoms with E-state index in [4.69, 9.17) is 11.6 Å². The van der Waals surface area contributed by atoms with Crippen molar-refractivity contribution < 1.29 is 9.72 Å². The van der Waals surface area contributed by atoms with Crippen molar-refractivity contribution in [3.63, 3.8) is 0 Å². The zero-order chi connectivity index (χ0) is 19.3. The molecule has 3 aromatic rings. The van der Waals surface area contributed by atoms with Gasteiger partial charge < -0.3 is 9.36 Å². The SMILES string of the molecule is CC(=O)C[C@H]1c2cccc3c2c(cn3C)[C@@H](c2ccccc2Cl)[C@@H]1[N+](=O)[O-]. The van der Waals surface area contributed by atoms with Crippen LogP contribution in [0.25, 0.3) is 10.9 Å².